The Hall–Kier alpha value is -1.18. The summed E-state index contributed by atoms with van der Waals surface area (Å²) in [5.41, 5.74) is 9.59. The molecule has 16 heavy (non-hydrogen) atoms. The minimum Gasteiger partial charge on any atom is -0.399 e. The molecule has 1 aromatic carbocycles. The summed E-state index contributed by atoms with van der Waals surface area (Å²) in [7, 11) is 2.15. The van der Waals surface area contributed by atoms with Crippen LogP contribution in [0.3, 0.4) is 0 Å². The van der Waals surface area contributed by atoms with Gasteiger partial charge in [-0.2, -0.15) is 0 Å². The first kappa shape index (κ1) is 12.9. The molecule has 0 aromatic heterocycles. The lowest BCUT2D eigenvalue weighted by atomic mass is 9.95. The van der Waals surface area contributed by atoms with Crippen molar-refractivity contribution in [2.24, 2.45) is 5.41 Å². The molecule has 0 aliphatic rings. The van der Waals surface area contributed by atoms with Crippen molar-refractivity contribution in [3.05, 3.63) is 23.8 Å². The van der Waals surface area contributed by atoms with Crippen molar-refractivity contribution in [1.29, 1.82) is 0 Å². The average Bonchev–Trinajstić information content (AvgIpc) is 2.14. The number of nitrogen functional groups attached to an aromatic ring is 1. The number of anilines is 2. The number of nitrogens with zero attached hydrogens (tertiary/aromatic N) is 1. The van der Waals surface area contributed by atoms with Crippen LogP contribution in [-0.2, 0) is 6.42 Å². The molecule has 1 rings (SSSR count). The largest absolute Gasteiger partial charge is 0.399 e. The number of aryl methyl sites for hydroxylation is 1. The monoisotopic (exact) mass is 220 g/mol. The van der Waals surface area contributed by atoms with Crippen LogP contribution in [0, 0.1) is 5.41 Å². The Bertz CT molecular complexity index is 350. The summed E-state index contributed by atoms with van der Waals surface area (Å²) in [6.45, 7) is 9.98. The van der Waals surface area contributed by atoms with Crippen LogP contribution in [0.2, 0.25) is 0 Å². The highest BCUT2D eigenvalue weighted by molar-refractivity contribution is 5.59. The third-order valence-electron chi connectivity index (χ3n) is 2.61. The van der Waals surface area contributed by atoms with Gasteiger partial charge >= 0.3 is 0 Å². The second-order valence-corrected chi connectivity index (χ2v) is 5.66. The maximum absolute atomic E-state index is 5.81. The number of nitrogens with two attached hydrogens (primary N) is 1. The van der Waals surface area contributed by atoms with Gasteiger partial charge in [0.15, 0.2) is 0 Å². The standard InChI is InChI=1S/C14H24N2/c1-6-11-9-12(15)7-8-13(11)16(5)10-14(2,3)4/h7-9H,6,10,15H2,1-5H3. The second-order valence-electron chi connectivity index (χ2n) is 5.66. The molecule has 0 saturated carbocycles. The zero-order valence-electron chi connectivity index (χ0n) is 11.2. The van der Waals surface area contributed by atoms with Crippen molar-refractivity contribution in [2.45, 2.75) is 34.1 Å². The van der Waals surface area contributed by atoms with E-state index in [-0.39, 0.29) is 0 Å². The zero-order valence-corrected chi connectivity index (χ0v) is 11.2. The fourth-order valence-corrected chi connectivity index (χ4v) is 2.06. The number of benzene rings is 1. The van der Waals surface area contributed by atoms with Crippen molar-refractivity contribution in [1.82, 2.24) is 0 Å². The Morgan fingerprint density at radius 1 is 1.25 bits per heavy atom. The van der Waals surface area contributed by atoms with Gasteiger partial charge in [0.25, 0.3) is 0 Å². The number of hydrogen-bond donors (Lipinski definition) is 1. The summed E-state index contributed by atoms with van der Waals surface area (Å²) in [4.78, 5) is 2.32. The molecule has 0 aliphatic heterocycles. The fraction of sp³-hybridized carbons (Fsp3) is 0.571. The minimum atomic E-state index is 0.307. The van der Waals surface area contributed by atoms with Crippen molar-refractivity contribution in [3.8, 4) is 0 Å². The van der Waals surface area contributed by atoms with Gasteiger partial charge < -0.3 is 10.6 Å². The van der Waals surface area contributed by atoms with E-state index < -0.39 is 0 Å². The molecule has 0 bridgehead atoms. The normalized spacial score (nSPS) is 11.6. The summed E-state index contributed by atoms with van der Waals surface area (Å²) in [5, 5.41) is 0. The van der Waals surface area contributed by atoms with Gasteiger partial charge in [0.2, 0.25) is 0 Å². The Morgan fingerprint density at radius 2 is 1.88 bits per heavy atom. The molecule has 0 radical (unpaired) electrons. The van der Waals surface area contributed by atoms with E-state index in [1.807, 2.05) is 6.07 Å². The van der Waals surface area contributed by atoms with Gasteiger partial charge in [-0.05, 0) is 35.6 Å². The molecule has 0 fully saturated rings. The lowest BCUT2D eigenvalue weighted by Crippen LogP contribution is -2.29. The lowest BCUT2D eigenvalue weighted by Gasteiger charge is -2.29. The number of hydrogen-bond acceptors (Lipinski definition) is 2. The van der Waals surface area contributed by atoms with E-state index >= 15 is 0 Å². The van der Waals surface area contributed by atoms with E-state index in [0.717, 1.165) is 18.7 Å². The highest BCUT2D eigenvalue weighted by atomic mass is 15.1. The van der Waals surface area contributed by atoms with Gasteiger partial charge in [-0.25, -0.2) is 0 Å². The molecule has 0 saturated heterocycles. The molecule has 0 spiro atoms. The highest BCUT2D eigenvalue weighted by Gasteiger charge is 2.15. The van der Waals surface area contributed by atoms with Crippen LogP contribution in [0.25, 0.3) is 0 Å². The van der Waals surface area contributed by atoms with Crippen LogP contribution >= 0.6 is 0 Å². The zero-order chi connectivity index (χ0) is 12.3. The van der Waals surface area contributed by atoms with Crippen LogP contribution in [0.5, 0.6) is 0 Å². The average molecular weight is 220 g/mol. The second kappa shape index (κ2) is 4.77. The van der Waals surface area contributed by atoms with E-state index in [2.05, 4.69) is 51.8 Å². The molecular formula is C14H24N2. The maximum atomic E-state index is 5.81. The van der Waals surface area contributed by atoms with Gasteiger partial charge in [-0.3, -0.25) is 0 Å². The van der Waals surface area contributed by atoms with Crippen LogP contribution in [0.15, 0.2) is 18.2 Å². The predicted molar refractivity (Wildman–Crippen MR) is 73.0 cm³/mol. The van der Waals surface area contributed by atoms with Crippen molar-refractivity contribution < 1.29 is 0 Å². The van der Waals surface area contributed by atoms with Gasteiger partial charge in [0.1, 0.15) is 0 Å². The summed E-state index contributed by atoms with van der Waals surface area (Å²) < 4.78 is 0. The van der Waals surface area contributed by atoms with E-state index in [1.54, 1.807) is 0 Å². The first-order valence-corrected chi connectivity index (χ1v) is 5.93. The molecule has 2 nitrogen and oxygen atoms in total. The molecule has 0 amide bonds. The van der Waals surface area contributed by atoms with Crippen molar-refractivity contribution in [2.75, 3.05) is 24.2 Å². The molecule has 0 heterocycles. The molecule has 0 aliphatic carbocycles. The van der Waals surface area contributed by atoms with Crippen molar-refractivity contribution in [3.63, 3.8) is 0 Å². The van der Waals surface area contributed by atoms with Crippen LogP contribution in [0.4, 0.5) is 11.4 Å². The van der Waals surface area contributed by atoms with Crippen LogP contribution in [-0.4, -0.2) is 13.6 Å². The third-order valence-corrected chi connectivity index (χ3v) is 2.61. The maximum Gasteiger partial charge on any atom is 0.0397 e. The molecular weight excluding hydrogens is 196 g/mol. The Morgan fingerprint density at radius 3 is 2.38 bits per heavy atom. The predicted octanol–water partition coefficient (Wildman–Crippen LogP) is 3.31. The van der Waals surface area contributed by atoms with Gasteiger partial charge in [0.05, 0.1) is 0 Å². The quantitative estimate of drug-likeness (QED) is 0.792. The van der Waals surface area contributed by atoms with E-state index in [1.165, 1.54) is 11.3 Å². The van der Waals surface area contributed by atoms with Crippen LogP contribution < -0.4 is 10.6 Å². The third kappa shape index (κ3) is 3.44. The molecule has 90 valence electrons. The molecule has 2 N–H and O–H groups in total. The molecule has 1 aromatic rings. The lowest BCUT2D eigenvalue weighted by molar-refractivity contribution is 0.418. The molecule has 0 atom stereocenters. The Kier molecular flexibility index (Phi) is 3.84. The summed E-state index contributed by atoms with van der Waals surface area (Å²) in [5.74, 6) is 0. The summed E-state index contributed by atoms with van der Waals surface area (Å²) in [6.07, 6.45) is 1.02. The van der Waals surface area contributed by atoms with Crippen LogP contribution in [0.1, 0.15) is 33.3 Å². The van der Waals surface area contributed by atoms with E-state index in [0.29, 0.717) is 5.41 Å². The smallest absolute Gasteiger partial charge is 0.0397 e. The first-order chi connectivity index (χ1) is 7.33. The Balaban J connectivity index is 2.94. The van der Waals surface area contributed by atoms with E-state index in [9.17, 15) is 0 Å². The topological polar surface area (TPSA) is 29.3 Å². The molecule has 0 unspecified atom stereocenters. The summed E-state index contributed by atoms with van der Waals surface area (Å²) in [6, 6.07) is 6.18. The summed E-state index contributed by atoms with van der Waals surface area (Å²) >= 11 is 0. The van der Waals surface area contributed by atoms with Crippen molar-refractivity contribution >= 4 is 11.4 Å². The van der Waals surface area contributed by atoms with Gasteiger partial charge in [-0.15, -0.1) is 0 Å². The van der Waals surface area contributed by atoms with E-state index in [4.69, 9.17) is 5.73 Å². The van der Waals surface area contributed by atoms with Gasteiger partial charge in [-0.1, -0.05) is 27.7 Å². The Labute approximate surface area is 99.5 Å². The highest BCUT2D eigenvalue weighted by Crippen LogP contribution is 2.25. The first-order valence-electron chi connectivity index (χ1n) is 5.93. The minimum absolute atomic E-state index is 0.307. The SMILES string of the molecule is CCc1cc(N)ccc1N(C)CC(C)(C)C. The van der Waals surface area contributed by atoms with Gasteiger partial charge in [0, 0.05) is 25.0 Å². The molecule has 2 heteroatoms. The fourth-order valence-electron chi connectivity index (χ4n) is 2.06. The number of rotatable bonds is 3.